The van der Waals surface area contributed by atoms with Crippen molar-refractivity contribution >= 4 is 35.1 Å². The third kappa shape index (κ3) is 9.99. The van der Waals surface area contributed by atoms with Gasteiger partial charge in [-0.15, -0.1) is 0 Å². The summed E-state index contributed by atoms with van der Waals surface area (Å²) in [5.74, 6) is -1.05. The zero-order valence-corrected chi connectivity index (χ0v) is 38.2. The van der Waals surface area contributed by atoms with Crippen LogP contribution in [0.5, 0.6) is 5.75 Å². The molecule has 2 fully saturated rings. The van der Waals surface area contributed by atoms with Crippen LogP contribution in [-0.2, 0) is 48.0 Å². The van der Waals surface area contributed by atoms with Gasteiger partial charge in [0.2, 0.25) is 11.8 Å². The Balaban J connectivity index is 1.41. The highest BCUT2D eigenvalue weighted by Crippen LogP contribution is 2.52. The lowest BCUT2D eigenvalue weighted by atomic mass is 9.84. The van der Waals surface area contributed by atoms with Crippen molar-refractivity contribution in [3.05, 3.63) is 71.5 Å². The number of hydrogen-bond donors (Lipinski definition) is 3. The number of benzene rings is 2. The number of fused-ring (bicyclic) bond motifs is 1. The van der Waals surface area contributed by atoms with E-state index in [9.17, 15) is 24.3 Å². The number of hydrogen-bond acceptors (Lipinski definition) is 9. The number of carbonyl (C=O) groups excluding carboxylic acids is 4. The second kappa shape index (κ2) is 19.0. The number of methoxy groups -OCH3 is 1. The summed E-state index contributed by atoms with van der Waals surface area (Å²) in [5.41, 5.74) is 9.79. The average Bonchev–Trinajstić information content (AvgIpc) is 3.79. The van der Waals surface area contributed by atoms with E-state index in [1.165, 1.54) is 0 Å². The van der Waals surface area contributed by atoms with Crippen molar-refractivity contribution in [1.29, 1.82) is 0 Å². The number of pyridine rings is 1. The minimum atomic E-state index is -0.973. The van der Waals surface area contributed by atoms with Crippen molar-refractivity contribution in [3.63, 3.8) is 0 Å². The average molecular weight is 851 g/mol. The van der Waals surface area contributed by atoms with E-state index in [2.05, 4.69) is 68.1 Å². The Labute approximate surface area is 366 Å². The van der Waals surface area contributed by atoms with Gasteiger partial charge in [-0.1, -0.05) is 53.7 Å². The number of carbonyl (C=O) groups is 4. The maximum absolute atomic E-state index is 14.3. The van der Waals surface area contributed by atoms with Gasteiger partial charge in [0.25, 0.3) is 12.4 Å². The van der Waals surface area contributed by atoms with Crippen LogP contribution in [-0.4, -0.2) is 94.7 Å². The fraction of sp³-hybridized carbons (Fsp3) is 0.531. The molecule has 0 radical (unpaired) electrons. The van der Waals surface area contributed by atoms with Crippen molar-refractivity contribution in [3.8, 4) is 28.1 Å². The zero-order chi connectivity index (χ0) is 45.1. The molecule has 1 saturated carbocycles. The number of aromatic nitrogens is 2. The summed E-state index contributed by atoms with van der Waals surface area (Å²) in [6.45, 7) is 18.7. The van der Waals surface area contributed by atoms with Gasteiger partial charge in [-0.25, -0.2) is 5.43 Å². The summed E-state index contributed by atoms with van der Waals surface area (Å²) in [7, 11) is 3.35. The molecule has 334 valence electrons. The summed E-state index contributed by atoms with van der Waals surface area (Å²) < 4.78 is 13.4. The third-order valence-corrected chi connectivity index (χ3v) is 12.7. The molecule has 2 aromatic heterocycles. The van der Waals surface area contributed by atoms with Crippen LogP contribution in [0.2, 0.25) is 0 Å². The van der Waals surface area contributed by atoms with Crippen molar-refractivity contribution < 1.29 is 33.8 Å². The maximum atomic E-state index is 14.3. The largest absolute Gasteiger partial charge is 0.508 e. The molecule has 4 unspecified atom stereocenters. The Morgan fingerprint density at radius 1 is 1.10 bits per heavy atom. The summed E-state index contributed by atoms with van der Waals surface area (Å²) in [5, 5.41) is 16.9. The number of rotatable bonds is 18. The lowest BCUT2D eigenvalue weighted by Crippen LogP contribution is -2.59. The molecule has 4 aromatic rings. The number of amides is 3. The van der Waals surface area contributed by atoms with Crippen LogP contribution < -0.4 is 10.7 Å². The van der Waals surface area contributed by atoms with Crippen LogP contribution >= 0.6 is 0 Å². The highest BCUT2D eigenvalue weighted by molar-refractivity contribution is 5.96. The summed E-state index contributed by atoms with van der Waals surface area (Å²) in [4.78, 5) is 59.7. The van der Waals surface area contributed by atoms with Crippen molar-refractivity contribution in [1.82, 2.24) is 30.2 Å². The van der Waals surface area contributed by atoms with E-state index >= 15 is 0 Å². The highest BCUT2D eigenvalue weighted by atomic mass is 16.5. The summed E-state index contributed by atoms with van der Waals surface area (Å²) >= 11 is 0. The van der Waals surface area contributed by atoms with E-state index in [0.717, 1.165) is 63.8 Å². The van der Waals surface area contributed by atoms with E-state index in [0.29, 0.717) is 38.1 Å². The molecule has 0 spiro atoms. The van der Waals surface area contributed by atoms with Gasteiger partial charge in [-0.2, -0.15) is 0 Å². The molecule has 13 heteroatoms. The van der Waals surface area contributed by atoms with Gasteiger partial charge in [0.1, 0.15) is 17.8 Å². The van der Waals surface area contributed by atoms with E-state index < -0.39 is 23.4 Å². The van der Waals surface area contributed by atoms with Crippen LogP contribution in [0, 0.1) is 22.7 Å². The smallest absolute Gasteiger partial charge is 0.293 e. The first-order valence-corrected chi connectivity index (χ1v) is 22.0. The molecule has 0 bridgehead atoms. The molecule has 6 rings (SSSR count). The lowest BCUT2D eigenvalue weighted by molar-refractivity contribution is -0.145. The van der Waals surface area contributed by atoms with Gasteiger partial charge < -0.3 is 29.4 Å². The Bertz CT molecular complexity index is 2280. The monoisotopic (exact) mass is 850 g/mol. The molecular formula is C49H66N6O7. The van der Waals surface area contributed by atoms with Crippen LogP contribution in [0.1, 0.15) is 97.6 Å². The SMILES string of the molecule is CCn1c(-c2cccnc2C(C)OC)c(CC(C)(C)COC=O)c2cc(-c3cc(O)cc(CC(NC(=O)C(C(C)C)N(C)C(=O)C4CC4(C)C)C(=O)N4CCCCN4)c3)ccc21. The number of hydrazine groups is 1. The predicted molar refractivity (Wildman–Crippen MR) is 241 cm³/mol. The first-order chi connectivity index (χ1) is 29.4. The number of ether oxygens (including phenoxy) is 2. The van der Waals surface area contributed by atoms with Gasteiger partial charge in [0.05, 0.1) is 24.1 Å². The molecule has 2 aliphatic rings. The molecule has 4 atom stereocenters. The van der Waals surface area contributed by atoms with Crippen molar-refractivity contribution in [2.24, 2.45) is 22.7 Å². The summed E-state index contributed by atoms with van der Waals surface area (Å²) in [6, 6.07) is 13.8. The molecule has 62 heavy (non-hydrogen) atoms. The van der Waals surface area contributed by atoms with Crippen LogP contribution in [0.3, 0.4) is 0 Å². The second-order valence-electron chi connectivity index (χ2n) is 19.0. The van der Waals surface area contributed by atoms with Crippen molar-refractivity contribution in [2.45, 2.75) is 112 Å². The molecule has 1 aliphatic carbocycles. The molecule has 3 N–H and O–H groups in total. The Morgan fingerprint density at radius 3 is 2.47 bits per heavy atom. The first kappa shape index (κ1) is 46.2. The maximum Gasteiger partial charge on any atom is 0.293 e. The van der Waals surface area contributed by atoms with E-state index in [1.54, 1.807) is 42.4 Å². The number of likely N-dealkylation sites (N-methyl/N-ethyl adjacent to an activating group) is 1. The molecule has 1 saturated heterocycles. The van der Waals surface area contributed by atoms with E-state index in [1.807, 2.05) is 39.0 Å². The lowest BCUT2D eigenvalue weighted by Gasteiger charge is -2.34. The number of nitrogens with one attached hydrogen (secondary N) is 2. The van der Waals surface area contributed by atoms with Crippen LogP contribution in [0.15, 0.2) is 54.7 Å². The number of phenolic OH excluding ortho intramolecular Hbond substituents is 1. The molecular weight excluding hydrogens is 785 g/mol. The van der Waals surface area contributed by atoms with Gasteiger partial charge in [-0.05, 0) is 110 Å². The van der Waals surface area contributed by atoms with E-state index in [4.69, 9.17) is 14.5 Å². The van der Waals surface area contributed by atoms with Crippen molar-refractivity contribution in [2.75, 3.05) is 33.9 Å². The third-order valence-electron chi connectivity index (χ3n) is 12.7. The van der Waals surface area contributed by atoms with Crippen LogP contribution in [0.4, 0.5) is 0 Å². The Kier molecular flexibility index (Phi) is 14.2. The Hall–Kier alpha value is -5.27. The molecule has 1 aliphatic heterocycles. The highest BCUT2D eigenvalue weighted by Gasteiger charge is 2.53. The number of phenols is 1. The quantitative estimate of drug-likeness (QED) is 0.0880. The zero-order valence-electron chi connectivity index (χ0n) is 38.2. The number of nitrogens with zero attached hydrogens (tertiary/aromatic N) is 4. The molecule has 3 amide bonds. The first-order valence-electron chi connectivity index (χ1n) is 22.0. The minimum absolute atomic E-state index is 0.0244. The fourth-order valence-corrected chi connectivity index (χ4v) is 9.17. The number of aryl methyl sites for hydroxylation is 1. The summed E-state index contributed by atoms with van der Waals surface area (Å²) in [6.07, 6.45) is 4.74. The fourth-order valence-electron chi connectivity index (χ4n) is 9.17. The predicted octanol–water partition coefficient (Wildman–Crippen LogP) is 7.23. The van der Waals surface area contributed by atoms with Crippen LogP contribution in [0.25, 0.3) is 33.3 Å². The number of aromatic hydroxyl groups is 1. The van der Waals surface area contributed by atoms with E-state index in [-0.39, 0.29) is 53.9 Å². The second-order valence-corrected chi connectivity index (χ2v) is 19.0. The van der Waals surface area contributed by atoms with Gasteiger partial charge >= 0.3 is 0 Å². The topological polar surface area (TPSA) is 155 Å². The minimum Gasteiger partial charge on any atom is -0.508 e. The van der Waals surface area contributed by atoms with Gasteiger partial charge in [0, 0.05) is 74.2 Å². The van der Waals surface area contributed by atoms with Gasteiger partial charge in [0.15, 0.2) is 0 Å². The Morgan fingerprint density at radius 2 is 1.84 bits per heavy atom. The standard InChI is InChI=1S/C49H66N6O7/c1-11-54-41-17-16-33(25-37(41)38(26-48(5,6)28-62-29-56)44(54)36-15-14-18-50-42(36)31(4)61-10)34-21-32(22-35(57)24-34)23-40(47(60)55-20-13-12-19-51-55)52-45(58)43(30(2)3)53(9)46(59)39-27-49(39,7)8/h14-18,21-22,24-25,29-31,39-40,43,51,57H,11-13,19-20,23,26-28H2,1-10H3,(H,52,58). The molecule has 13 nitrogen and oxygen atoms in total. The normalized spacial score (nSPS) is 17.7. The molecule has 2 aromatic carbocycles. The van der Waals surface area contributed by atoms with Gasteiger partial charge in [-0.3, -0.25) is 29.2 Å². The molecule has 3 heterocycles.